The summed E-state index contributed by atoms with van der Waals surface area (Å²) in [5, 5.41) is 2.93. The highest BCUT2D eigenvalue weighted by molar-refractivity contribution is 14.1. The van der Waals surface area contributed by atoms with Gasteiger partial charge in [0.1, 0.15) is 5.82 Å². The summed E-state index contributed by atoms with van der Waals surface area (Å²) in [6, 6.07) is 3.75. The molecule has 1 fully saturated rings. The molecule has 4 nitrogen and oxygen atoms in total. The average molecular weight is 476 g/mol. The van der Waals surface area contributed by atoms with Gasteiger partial charge in [0.15, 0.2) is 0 Å². The molecule has 0 saturated carbocycles. The second-order valence-corrected chi connectivity index (χ2v) is 7.77. The molecule has 0 spiro atoms. The van der Waals surface area contributed by atoms with Crippen LogP contribution >= 0.6 is 34.2 Å². The van der Waals surface area contributed by atoms with Gasteiger partial charge in [0.2, 0.25) is 5.95 Å². The third-order valence-corrected chi connectivity index (χ3v) is 6.35. The number of aromatic nitrogens is 1. The molecular formula is C17H13ClF2IN3O. The first-order chi connectivity index (χ1) is 12.0. The maximum absolute atomic E-state index is 14.1. The number of hydrogen-bond donors (Lipinski definition) is 1. The molecule has 0 aliphatic carbocycles. The molecule has 25 heavy (non-hydrogen) atoms. The molecule has 0 unspecified atom stereocenters. The monoisotopic (exact) mass is 475 g/mol. The normalized spacial score (nSPS) is 21.2. The van der Waals surface area contributed by atoms with Gasteiger partial charge in [-0.3, -0.25) is 0 Å². The average Bonchev–Trinajstić information content (AvgIpc) is 2.89. The molecule has 0 radical (unpaired) electrons. The van der Waals surface area contributed by atoms with E-state index in [4.69, 9.17) is 11.6 Å². The van der Waals surface area contributed by atoms with E-state index in [0.29, 0.717) is 20.6 Å². The lowest BCUT2D eigenvalue weighted by atomic mass is 9.95. The van der Waals surface area contributed by atoms with Crippen molar-refractivity contribution < 1.29 is 13.6 Å². The Morgan fingerprint density at radius 2 is 2.16 bits per heavy atom. The molecule has 1 aromatic carbocycles. The summed E-state index contributed by atoms with van der Waals surface area (Å²) in [7, 11) is 0. The summed E-state index contributed by atoms with van der Waals surface area (Å²) in [4.78, 5) is 18.2. The van der Waals surface area contributed by atoms with Crippen LogP contribution in [-0.4, -0.2) is 22.0 Å². The third kappa shape index (κ3) is 2.87. The van der Waals surface area contributed by atoms with Crippen molar-refractivity contribution in [3.8, 4) is 0 Å². The highest BCUT2D eigenvalue weighted by Crippen LogP contribution is 2.44. The van der Waals surface area contributed by atoms with Crippen LogP contribution in [0.2, 0.25) is 5.02 Å². The molecule has 8 heteroatoms. The van der Waals surface area contributed by atoms with Gasteiger partial charge in [-0.2, -0.15) is 4.39 Å². The minimum atomic E-state index is -0.584. The molecule has 2 amide bonds. The molecule has 130 valence electrons. The number of carbonyl (C=O) groups is 1. The van der Waals surface area contributed by atoms with Crippen molar-refractivity contribution in [1.82, 2.24) is 9.88 Å². The number of urea groups is 1. The van der Waals surface area contributed by atoms with Gasteiger partial charge in [-0.1, -0.05) is 11.6 Å². The summed E-state index contributed by atoms with van der Waals surface area (Å²) in [6.07, 6.45) is 3.39. The number of nitrogens with zero attached hydrogens (tertiary/aromatic N) is 2. The predicted octanol–water partition coefficient (Wildman–Crippen LogP) is 4.91. The van der Waals surface area contributed by atoms with Gasteiger partial charge in [0.25, 0.3) is 0 Å². The van der Waals surface area contributed by atoms with Crippen LogP contribution < -0.4 is 5.32 Å². The zero-order chi connectivity index (χ0) is 17.7. The van der Waals surface area contributed by atoms with Gasteiger partial charge in [-0.05, 0) is 65.6 Å². The molecule has 4 rings (SSSR count). The lowest BCUT2D eigenvalue weighted by Crippen LogP contribution is -2.44. The van der Waals surface area contributed by atoms with Crippen LogP contribution in [0.1, 0.15) is 30.0 Å². The number of rotatable bonds is 1. The minimum absolute atomic E-state index is 0.0879. The number of anilines is 1. The first kappa shape index (κ1) is 17.0. The Kier molecular flexibility index (Phi) is 4.31. The zero-order valence-corrected chi connectivity index (χ0v) is 15.8. The van der Waals surface area contributed by atoms with Crippen LogP contribution in [0.15, 0.2) is 24.4 Å². The molecule has 2 atom stereocenters. The van der Waals surface area contributed by atoms with Gasteiger partial charge < -0.3 is 10.2 Å². The van der Waals surface area contributed by atoms with E-state index in [2.05, 4.69) is 10.3 Å². The van der Waals surface area contributed by atoms with E-state index in [9.17, 15) is 13.6 Å². The first-order valence-electron chi connectivity index (χ1n) is 7.83. The molecule has 1 aromatic heterocycles. The van der Waals surface area contributed by atoms with Gasteiger partial charge >= 0.3 is 6.03 Å². The third-order valence-electron chi connectivity index (χ3n) is 4.83. The molecule has 2 aromatic rings. The van der Waals surface area contributed by atoms with E-state index in [-0.39, 0.29) is 23.8 Å². The highest BCUT2D eigenvalue weighted by atomic mass is 127. The van der Waals surface area contributed by atoms with Crippen LogP contribution in [0.25, 0.3) is 0 Å². The fourth-order valence-electron chi connectivity index (χ4n) is 3.72. The van der Waals surface area contributed by atoms with E-state index in [1.165, 1.54) is 18.3 Å². The van der Waals surface area contributed by atoms with Crippen molar-refractivity contribution in [2.45, 2.75) is 31.3 Å². The van der Waals surface area contributed by atoms with Crippen molar-refractivity contribution in [2.24, 2.45) is 0 Å². The maximum atomic E-state index is 14.1. The van der Waals surface area contributed by atoms with Gasteiger partial charge in [0.05, 0.1) is 16.8 Å². The fourth-order valence-corrected chi connectivity index (χ4v) is 4.34. The second-order valence-electron chi connectivity index (χ2n) is 6.20. The SMILES string of the molecule is O=C(Nc1cc(I)c(Cl)cc1F)N1[C@H]2CC[C@@H]1c1ccnc(F)c1C2. The van der Waals surface area contributed by atoms with Crippen molar-refractivity contribution in [2.75, 3.05) is 5.32 Å². The van der Waals surface area contributed by atoms with Gasteiger partial charge in [-0.25, -0.2) is 14.2 Å². The summed E-state index contributed by atoms with van der Waals surface area (Å²) >= 11 is 7.87. The van der Waals surface area contributed by atoms with Crippen LogP contribution in [0.4, 0.5) is 19.3 Å². The maximum Gasteiger partial charge on any atom is 0.322 e. The van der Waals surface area contributed by atoms with Crippen LogP contribution in [-0.2, 0) is 6.42 Å². The molecule has 2 aliphatic heterocycles. The van der Waals surface area contributed by atoms with E-state index >= 15 is 0 Å². The largest absolute Gasteiger partial charge is 0.322 e. The Morgan fingerprint density at radius 1 is 1.36 bits per heavy atom. The Balaban J connectivity index is 1.63. The lowest BCUT2D eigenvalue weighted by molar-refractivity contribution is 0.178. The van der Waals surface area contributed by atoms with Crippen molar-refractivity contribution >= 4 is 45.9 Å². The topological polar surface area (TPSA) is 45.2 Å². The standard InChI is InChI=1S/C17H13ClF2IN3O/c18-11-6-12(19)14(7-13(11)21)23-17(25)24-8-1-2-15(24)9-3-4-22-16(20)10(9)5-8/h3-4,6-8,15H,1-2,5H2,(H,23,25)/t8-,15+/m0/s1. The minimum Gasteiger partial charge on any atom is -0.314 e. The Morgan fingerprint density at radius 3 is 2.96 bits per heavy atom. The second kappa shape index (κ2) is 6.35. The quantitative estimate of drug-likeness (QED) is 0.362. The molecule has 1 saturated heterocycles. The van der Waals surface area contributed by atoms with E-state index < -0.39 is 11.8 Å². The van der Waals surface area contributed by atoms with Crippen molar-refractivity contribution in [3.63, 3.8) is 0 Å². The number of benzene rings is 1. The van der Waals surface area contributed by atoms with E-state index in [1.807, 2.05) is 22.6 Å². The van der Waals surface area contributed by atoms with Crippen molar-refractivity contribution in [3.05, 3.63) is 55.9 Å². The summed E-state index contributed by atoms with van der Waals surface area (Å²) in [5.74, 6) is -1.05. The molecule has 2 aliphatic rings. The Hall–Kier alpha value is -1.48. The molecular weight excluding hydrogens is 463 g/mol. The first-order valence-corrected chi connectivity index (χ1v) is 9.28. The van der Waals surface area contributed by atoms with Crippen LogP contribution in [0, 0.1) is 15.3 Å². The Labute approximate surface area is 161 Å². The summed E-state index contributed by atoms with van der Waals surface area (Å²) < 4.78 is 28.7. The predicted molar refractivity (Wildman–Crippen MR) is 98.6 cm³/mol. The number of hydrogen-bond acceptors (Lipinski definition) is 2. The zero-order valence-electron chi connectivity index (χ0n) is 12.9. The highest BCUT2D eigenvalue weighted by Gasteiger charge is 2.43. The summed E-state index contributed by atoms with van der Waals surface area (Å²) in [5.41, 5.74) is 1.47. The number of halogens is 4. The number of nitrogens with one attached hydrogen (secondary N) is 1. The number of fused-ring (bicyclic) bond motifs is 4. The van der Waals surface area contributed by atoms with Crippen LogP contribution in [0.3, 0.4) is 0 Å². The Bertz CT molecular complexity index is 879. The molecule has 2 bridgehead atoms. The smallest absolute Gasteiger partial charge is 0.314 e. The number of carbonyl (C=O) groups excluding carboxylic acids is 1. The van der Waals surface area contributed by atoms with Gasteiger partial charge in [-0.15, -0.1) is 0 Å². The van der Waals surface area contributed by atoms with Crippen molar-refractivity contribution in [1.29, 1.82) is 0 Å². The van der Waals surface area contributed by atoms with E-state index in [0.717, 1.165) is 18.4 Å². The molecule has 1 N–H and O–H groups in total. The number of amides is 2. The summed E-state index contributed by atoms with van der Waals surface area (Å²) in [6.45, 7) is 0. The fraction of sp³-hybridized carbons (Fsp3) is 0.294. The number of pyridine rings is 1. The lowest BCUT2D eigenvalue weighted by Gasteiger charge is -2.36. The molecule has 3 heterocycles. The van der Waals surface area contributed by atoms with Gasteiger partial charge in [0, 0.05) is 21.4 Å². The van der Waals surface area contributed by atoms with E-state index in [1.54, 1.807) is 11.0 Å². The van der Waals surface area contributed by atoms with Crippen LogP contribution in [0.5, 0.6) is 0 Å².